The number of nitrogen functional groups attached to an aromatic ring is 1. The van der Waals surface area contributed by atoms with E-state index in [2.05, 4.69) is 15.4 Å². The molecule has 1 aromatic heterocycles. The van der Waals surface area contributed by atoms with E-state index in [1.165, 1.54) is 35.3 Å². The van der Waals surface area contributed by atoms with Gasteiger partial charge in [0.2, 0.25) is 11.9 Å². The maximum absolute atomic E-state index is 11.7. The highest BCUT2D eigenvalue weighted by atomic mass is 32.2. The molecule has 0 saturated heterocycles. The van der Waals surface area contributed by atoms with Gasteiger partial charge >= 0.3 is 0 Å². The van der Waals surface area contributed by atoms with Crippen molar-refractivity contribution < 1.29 is 13.2 Å². The molecule has 2 rings (SSSR count). The number of amides is 1. The first-order valence-corrected chi connectivity index (χ1v) is 7.48. The van der Waals surface area contributed by atoms with E-state index in [9.17, 15) is 13.2 Å². The van der Waals surface area contributed by atoms with E-state index in [0.717, 1.165) is 6.26 Å². The molecule has 1 aromatic carbocycles. The van der Waals surface area contributed by atoms with E-state index in [0.29, 0.717) is 5.69 Å². The molecular formula is C11H13N5O3S. The van der Waals surface area contributed by atoms with Gasteiger partial charge in [-0.05, 0) is 24.3 Å². The van der Waals surface area contributed by atoms with Gasteiger partial charge < -0.3 is 11.1 Å². The number of nitrogens with one attached hydrogen (secondary N) is 1. The van der Waals surface area contributed by atoms with Gasteiger partial charge in [0, 0.05) is 11.9 Å². The second-order valence-corrected chi connectivity index (χ2v) is 6.16. The highest BCUT2D eigenvalue weighted by molar-refractivity contribution is 7.90. The van der Waals surface area contributed by atoms with Crippen molar-refractivity contribution in [1.29, 1.82) is 0 Å². The minimum absolute atomic E-state index is 0.0297. The minimum atomic E-state index is -3.24. The average Bonchev–Trinajstić information content (AvgIpc) is 2.74. The highest BCUT2D eigenvalue weighted by Crippen LogP contribution is 2.13. The first-order chi connectivity index (χ1) is 9.34. The smallest absolute Gasteiger partial charge is 0.246 e. The molecule has 1 amide bonds. The van der Waals surface area contributed by atoms with Crippen LogP contribution in [0.3, 0.4) is 0 Å². The Morgan fingerprint density at radius 2 is 2.00 bits per heavy atom. The van der Waals surface area contributed by atoms with Crippen LogP contribution in [0.4, 0.5) is 11.6 Å². The van der Waals surface area contributed by atoms with Crippen LogP contribution in [0.2, 0.25) is 0 Å². The standard InChI is InChI=1S/C11H13N5O3S/c1-20(18,19)9-4-2-8(3-5-9)14-10(17)6-16-7-13-11(12)15-16/h2-5,7H,6H2,1H3,(H2,12,15)(H,14,17). The molecule has 0 aliphatic carbocycles. The Morgan fingerprint density at radius 1 is 1.35 bits per heavy atom. The molecule has 0 fully saturated rings. The van der Waals surface area contributed by atoms with E-state index in [1.807, 2.05) is 0 Å². The third kappa shape index (κ3) is 3.54. The van der Waals surface area contributed by atoms with Gasteiger partial charge in [0.15, 0.2) is 9.84 Å². The van der Waals surface area contributed by atoms with Crippen molar-refractivity contribution in [3.8, 4) is 0 Å². The Balaban J connectivity index is 2.01. The molecule has 0 saturated carbocycles. The van der Waals surface area contributed by atoms with Gasteiger partial charge in [-0.1, -0.05) is 0 Å². The largest absolute Gasteiger partial charge is 0.367 e. The SMILES string of the molecule is CS(=O)(=O)c1ccc(NC(=O)Cn2cnc(N)n2)cc1. The number of carbonyl (C=O) groups excluding carboxylic acids is 1. The molecule has 3 N–H and O–H groups in total. The van der Waals surface area contributed by atoms with E-state index in [1.54, 1.807) is 0 Å². The second-order valence-electron chi connectivity index (χ2n) is 4.15. The normalized spacial score (nSPS) is 11.2. The Bertz CT molecular complexity index is 721. The molecule has 20 heavy (non-hydrogen) atoms. The Kier molecular flexibility index (Phi) is 3.70. The van der Waals surface area contributed by atoms with E-state index in [-0.39, 0.29) is 23.3 Å². The number of hydrogen-bond donors (Lipinski definition) is 2. The van der Waals surface area contributed by atoms with Gasteiger partial charge in [-0.3, -0.25) is 4.79 Å². The lowest BCUT2D eigenvalue weighted by Gasteiger charge is -2.05. The highest BCUT2D eigenvalue weighted by Gasteiger charge is 2.08. The molecule has 106 valence electrons. The number of nitrogens with two attached hydrogens (primary N) is 1. The van der Waals surface area contributed by atoms with Crippen molar-refractivity contribution in [2.24, 2.45) is 0 Å². The molecule has 0 spiro atoms. The molecule has 0 aliphatic rings. The Hall–Kier alpha value is -2.42. The van der Waals surface area contributed by atoms with Gasteiger partial charge in [-0.25, -0.2) is 18.1 Å². The quantitative estimate of drug-likeness (QED) is 0.813. The van der Waals surface area contributed by atoms with Gasteiger partial charge in [-0.2, -0.15) is 0 Å². The van der Waals surface area contributed by atoms with Gasteiger partial charge in [0.05, 0.1) is 4.90 Å². The maximum atomic E-state index is 11.7. The summed E-state index contributed by atoms with van der Waals surface area (Å²) in [5, 5.41) is 6.40. The number of nitrogens with zero attached hydrogens (tertiary/aromatic N) is 3. The number of benzene rings is 1. The predicted octanol–water partition coefficient (Wildman–Crippen LogP) is -0.0975. The molecule has 0 atom stereocenters. The fourth-order valence-corrected chi connectivity index (χ4v) is 2.15. The van der Waals surface area contributed by atoms with Crippen LogP contribution in [0.1, 0.15) is 0 Å². The lowest BCUT2D eigenvalue weighted by atomic mass is 10.3. The van der Waals surface area contributed by atoms with Crippen molar-refractivity contribution in [2.45, 2.75) is 11.4 Å². The topological polar surface area (TPSA) is 120 Å². The Labute approximate surface area is 115 Å². The van der Waals surface area contributed by atoms with Gasteiger partial charge in [0.1, 0.15) is 12.9 Å². The van der Waals surface area contributed by atoms with Crippen LogP contribution >= 0.6 is 0 Å². The summed E-state index contributed by atoms with van der Waals surface area (Å²) in [6.07, 6.45) is 2.47. The maximum Gasteiger partial charge on any atom is 0.246 e. The summed E-state index contributed by atoms with van der Waals surface area (Å²) in [5.74, 6) is -0.225. The predicted molar refractivity (Wildman–Crippen MR) is 72.6 cm³/mol. The molecule has 0 aliphatic heterocycles. The van der Waals surface area contributed by atoms with E-state index >= 15 is 0 Å². The first-order valence-electron chi connectivity index (χ1n) is 5.59. The number of rotatable bonds is 4. The molecule has 9 heteroatoms. The summed E-state index contributed by atoms with van der Waals surface area (Å²) in [6, 6.07) is 5.89. The molecule has 2 aromatic rings. The summed E-state index contributed by atoms with van der Waals surface area (Å²) in [4.78, 5) is 15.6. The van der Waals surface area contributed by atoms with Crippen LogP contribution < -0.4 is 11.1 Å². The van der Waals surface area contributed by atoms with Crippen LogP contribution in [0, 0.1) is 0 Å². The van der Waals surface area contributed by atoms with Crippen molar-refractivity contribution in [2.75, 3.05) is 17.3 Å². The van der Waals surface area contributed by atoms with Crippen LogP contribution in [-0.4, -0.2) is 35.3 Å². The van der Waals surface area contributed by atoms with Crippen LogP contribution in [-0.2, 0) is 21.2 Å². The number of sulfone groups is 1. The zero-order chi connectivity index (χ0) is 14.8. The minimum Gasteiger partial charge on any atom is -0.367 e. The fourth-order valence-electron chi connectivity index (χ4n) is 1.52. The van der Waals surface area contributed by atoms with Crippen molar-refractivity contribution >= 4 is 27.4 Å². The van der Waals surface area contributed by atoms with Gasteiger partial charge in [-0.15, -0.1) is 5.10 Å². The zero-order valence-corrected chi connectivity index (χ0v) is 11.5. The van der Waals surface area contributed by atoms with Gasteiger partial charge in [0.25, 0.3) is 0 Å². The fraction of sp³-hybridized carbons (Fsp3) is 0.182. The molecule has 8 nitrogen and oxygen atoms in total. The molecule has 0 unspecified atom stereocenters. The van der Waals surface area contributed by atoms with E-state index in [4.69, 9.17) is 5.73 Å². The first kappa shape index (κ1) is 14.0. The third-order valence-electron chi connectivity index (χ3n) is 2.43. The summed E-state index contributed by atoms with van der Waals surface area (Å²) in [5.41, 5.74) is 5.83. The van der Waals surface area contributed by atoms with E-state index < -0.39 is 9.84 Å². The van der Waals surface area contributed by atoms with Crippen LogP contribution in [0.25, 0.3) is 0 Å². The zero-order valence-electron chi connectivity index (χ0n) is 10.6. The number of anilines is 2. The number of carbonyl (C=O) groups is 1. The van der Waals surface area contributed by atoms with Crippen LogP contribution in [0.15, 0.2) is 35.5 Å². The van der Waals surface area contributed by atoms with Crippen molar-refractivity contribution in [3.63, 3.8) is 0 Å². The summed E-state index contributed by atoms with van der Waals surface area (Å²) >= 11 is 0. The molecular weight excluding hydrogens is 282 g/mol. The molecule has 0 radical (unpaired) electrons. The summed E-state index contributed by atoms with van der Waals surface area (Å²) in [6.45, 7) is -0.0297. The molecule has 1 heterocycles. The Morgan fingerprint density at radius 3 is 2.50 bits per heavy atom. The number of aromatic nitrogens is 3. The van der Waals surface area contributed by atoms with Crippen molar-refractivity contribution in [3.05, 3.63) is 30.6 Å². The number of hydrogen-bond acceptors (Lipinski definition) is 6. The second kappa shape index (κ2) is 5.29. The van der Waals surface area contributed by atoms with Crippen LogP contribution in [0.5, 0.6) is 0 Å². The van der Waals surface area contributed by atoms with Crippen molar-refractivity contribution in [1.82, 2.24) is 14.8 Å². The third-order valence-corrected chi connectivity index (χ3v) is 3.55. The summed E-state index contributed by atoms with van der Waals surface area (Å²) < 4.78 is 23.9. The molecule has 0 bridgehead atoms. The monoisotopic (exact) mass is 295 g/mol. The lowest BCUT2D eigenvalue weighted by molar-refractivity contribution is -0.116. The average molecular weight is 295 g/mol. The lowest BCUT2D eigenvalue weighted by Crippen LogP contribution is -2.19. The summed E-state index contributed by atoms with van der Waals surface area (Å²) in [7, 11) is -3.24.